The summed E-state index contributed by atoms with van der Waals surface area (Å²) in [5, 5.41) is 10.3. The summed E-state index contributed by atoms with van der Waals surface area (Å²) in [5.74, 6) is 2.54. The second-order valence-corrected chi connectivity index (χ2v) is 4.43. The van der Waals surface area contributed by atoms with E-state index in [9.17, 15) is 5.11 Å². The van der Waals surface area contributed by atoms with Gasteiger partial charge < -0.3 is 14.1 Å². The van der Waals surface area contributed by atoms with Crippen molar-refractivity contribution < 1.29 is 9.52 Å². The van der Waals surface area contributed by atoms with Crippen LogP contribution in [-0.2, 0) is 13.5 Å². The number of rotatable bonds is 3. The molecule has 2 aromatic heterocycles. The lowest BCUT2D eigenvalue weighted by atomic mass is 10.0. The number of aliphatic hydroxyl groups is 1. The molecule has 0 fully saturated rings. The van der Waals surface area contributed by atoms with Crippen LogP contribution in [0.1, 0.15) is 34.6 Å². The number of furan rings is 1. The smallest absolute Gasteiger partial charge is 0.111 e. The van der Waals surface area contributed by atoms with Crippen molar-refractivity contribution in [1.82, 2.24) is 9.55 Å². The molecule has 0 aromatic carbocycles. The standard InChI is InChI=1S/C13H18N2O2/c1-8-9(2)17-10(3)13(8)11(16)7-12-14-5-6-15(12)4/h5-6,11,16H,7H2,1-4H3. The molecular formula is C13H18N2O2. The molecule has 2 heterocycles. The maximum atomic E-state index is 10.3. The van der Waals surface area contributed by atoms with Crippen LogP contribution in [0.5, 0.6) is 0 Å². The lowest BCUT2D eigenvalue weighted by molar-refractivity contribution is 0.172. The largest absolute Gasteiger partial charge is 0.466 e. The number of aryl methyl sites for hydroxylation is 3. The Bertz CT molecular complexity index is 526. The van der Waals surface area contributed by atoms with Gasteiger partial charge in [-0.15, -0.1) is 0 Å². The van der Waals surface area contributed by atoms with Gasteiger partial charge in [0.1, 0.15) is 17.3 Å². The fraction of sp³-hybridized carbons (Fsp3) is 0.462. The molecule has 4 nitrogen and oxygen atoms in total. The van der Waals surface area contributed by atoms with Gasteiger partial charge in [0, 0.05) is 31.4 Å². The van der Waals surface area contributed by atoms with Gasteiger partial charge in [0.05, 0.1) is 6.10 Å². The minimum Gasteiger partial charge on any atom is -0.466 e. The van der Waals surface area contributed by atoms with E-state index in [1.807, 2.05) is 38.6 Å². The van der Waals surface area contributed by atoms with Gasteiger partial charge in [0.2, 0.25) is 0 Å². The molecule has 0 radical (unpaired) electrons. The molecule has 0 saturated carbocycles. The highest BCUT2D eigenvalue weighted by Gasteiger charge is 2.20. The molecule has 0 aliphatic heterocycles. The monoisotopic (exact) mass is 234 g/mol. The normalized spacial score (nSPS) is 13.0. The minimum absolute atomic E-state index is 0.504. The predicted octanol–water partition coefficient (Wildman–Crippen LogP) is 2.21. The Balaban J connectivity index is 2.26. The first-order chi connectivity index (χ1) is 8.00. The molecular weight excluding hydrogens is 216 g/mol. The Morgan fingerprint density at radius 2 is 2.06 bits per heavy atom. The number of aliphatic hydroxyl groups excluding tert-OH is 1. The van der Waals surface area contributed by atoms with Gasteiger partial charge in [-0.25, -0.2) is 4.98 Å². The molecule has 0 aliphatic rings. The third-order valence-electron chi connectivity index (χ3n) is 3.25. The van der Waals surface area contributed by atoms with Crippen molar-refractivity contribution in [2.24, 2.45) is 7.05 Å². The van der Waals surface area contributed by atoms with Gasteiger partial charge in [-0.2, -0.15) is 0 Å². The van der Waals surface area contributed by atoms with Gasteiger partial charge in [-0.05, 0) is 26.3 Å². The first-order valence-corrected chi connectivity index (χ1v) is 5.71. The summed E-state index contributed by atoms with van der Waals surface area (Å²) in [4.78, 5) is 4.22. The number of aromatic nitrogens is 2. The maximum Gasteiger partial charge on any atom is 0.111 e. The zero-order valence-corrected chi connectivity index (χ0v) is 10.7. The van der Waals surface area contributed by atoms with E-state index in [1.165, 1.54) is 0 Å². The number of hydrogen-bond acceptors (Lipinski definition) is 3. The predicted molar refractivity (Wildman–Crippen MR) is 64.8 cm³/mol. The van der Waals surface area contributed by atoms with Gasteiger partial charge in [0.15, 0.2) is 0 Å². The average molecular weight is 234 g/mol. The van der Waals surface area contributed by atoms with Crippen LogP contribution in [0.3, 0.4) is 0 Å². The van der Waals surface area contributed by atoms with Crippen LogP contribution >= 0.6 is 0 Å². The van der Waals surface area contributed by atoms with Crippen LogP contribution < -0.4 is 0 Å². The van der Waals surface area contributed by atoms with Gasteiger partial charge >= 0.3 is 0 Å². The van der Waals surface area contributed by atoms with Crippen LogP contribution in [-0.4, -0.2) is 14.7 Å². The number of nitrogens with zero attached hydrogens (tertiary/aromatic N) is 2. The van der Waals surface area contributed by atoms with Crippen LogP contribution in [0.15, 0.2) is 16.8 Å². The van der Waals surface area contributed by atoms with Crippen molar-refractivity contribution in [3.05, 3.63) is 40.9 Å². The Hall–Kier alpha value is -1.55. The van der Waals surface area contributed by atoms with E-state index in [0.717, 1.165) is 28.5 Å². The summed E-state index contributed by atoms with van der Waals surface area (Å²) in [6, 6.07) is 0. The zero-order valence-electron chi connectivity index (χ0n) is 10.7. The van der Waals surface area contributed by atoms with E-state index in [2.05, 4.69) is 4.98 Å². The van der Waals surface area contributed by atoms with E-state index in [1.54, 1.807) is 6.20 Å². The molecule has 1 N–H and O–H groups in total. The van der Waals surface area contributed by atoms with Gasteiger partial charge in [0.25, 0.3) is 0 Å². The molecule has 1 atom stereocenters. The Morgan fingerprint density at radius 3 is 2.53 bits per heavy atom. The van der Waals surface area contributed by atoms with Crippen molar-refractivity contribution in [2.45, 2.75) is 33.3 Å². The molecule has 0 bridgehead atoms. The minimum atomic E-state index is -0.562. The SMILES string of the molecule is Cc1oc(C)c(C(O)Cc2nccn2C)c1C. The molecule has 92 valence electrons. The zero-order chi connectivity index (χ0) is 12.6. The average Bonchev–Trinajstić information content (AvgIpc) is 2.74. The van der Waals surface area contributed by atoms with Crippen molar-refractivity contribution >= 4 is 0 Å². The molecule has 0 spiro atoms. The van der Waals surface area contributed by atoms with Crippen LogP contribution in [0.4, 0.5) is 0 Å². The topological polar surface area (TPSA) is 51.2 Å². The molecule has 4 heteroatoms. The first-order valence-electron chi connectivity index (χ1n) is 5.71. The van der Waals surface area contributed by atoms with Crippen molar-refractivity contribution in [2.75, 3.05) is 0 Å². The van der Waals surface area contributed by atoms with E-state index >= 15 is 0 Å². The van der Waals surface area contributed by atoms with Crippen molar-refractivity contribution in [3.8, 4) is 0 Å². The summed E-state index contributed by atoms with van der Waals surface area (Å²) in [5.41, 5.74) is 1.93. The van der Waals surface area contributed by atoms with Gasteiger partial charge in [-0.3, -0.25) is 0 Å². The summed E-state index contributed by atoms with van der Waals surface area (Å²) < 4.78 is 7.45. The fourth-order valence-corrected chi connectivity index (χ4v) is 2.17. The third-order valence-corrected chi connectivity index (χ3v) is 3.25. The quantitative estimate of drug-likeness (QED) is 0.885. The fourth-order valence-electron chi connectivity index (χ4n) is 2.17. The lowest BCUT2D eigenvalue weighted by Gasteiger charge is -2.11. The molecule has 2 rings (SSSR count). The Labute approximate surface area is 101 Å². The lowest BCUT2D eigenvalue weighted by Crippen LogP contribution is -2.08. The molecule has 0 saturated heterocycles. The number of hydrogen-bond donors (Lipinski definition) is 1. The first kappa shape index (κ1) is 11.9. The van der Waals surface area contributed by atoms with Crippen molar-refractivity contribution in [1.29, 1.82) is 0 Å². The van der Waals surface area contributed by atoms with E-state index in [4.69, 9.17) is 4.42 Å². The highest BCUT2D eigenvalue weighted by Crippen LogP contribution is 2.28. The summed E-state index contributed by atoms with van der Waals surface area (Å²) >= 11 is 0. The Morgan fingerprint density at radius 1 is 1.35 bits per heavy atom. The van der Waals surface area contributed by atoms with E-state index in [0.29, 0.717) is 6.42 Å². The Kier molecular flexibility index (Phi) is 3.07. The van der Waals surface area contributed by atoms with Crippen molar-refractivity contribution in [3.63, 3.8) is 0 Å². The third kappa shape index (κ3) is 2.13. The molecule has 17 heavy (non-hydrogen) atoms. The summed E-state index contributed by atoms with van der Waals surface area (Å²) in [6.07, 6.45) is 3.56. The molecule has 0 aliphatic carbocycles. The van der Waals surface area contributed by atoms with E-state index in [-0.39, 0.29) is 0 Å². The number of imidazole rings is 1. The summed E-state index contributed by atoms with van der Waals surface area (Å²) in [6.45, 7) is 5.78. The van der Waals surface area contributed by atoms with Crippen LogP contribution in [0, 0.1) is 20.8 Å². The highest BCUT2D eigenvalue weighted by atomic mass is 16.3. The second kappa shape index (κ2) is 4.37. The van der Waals surface area contributed by atoms with Crippen LogP contribution in [0.25, 0.3) is 0 Å². The molecule has 0 amide bonds. The molecule has 1 unspecified atom stereocenters. The highest BCUT2D eigenvalue weighted by molar-refractivity contribution is 5.33. The van der Waals surface area contributed by atoms with Crippen LogP contribution in [0.2, 0.25) is 0 Å². The van der Waals surface area contributed by atoms with E-state index < -0.39 is 6.10 Å². The molecule has 2 aromatic rings. The summed E-state index contributed by atoms with van der Waals surface area (Å²) in [7, 11) is 1.93. The van der Waals surface area contributed by atoms with Gasteiger partial charge in [-0.1, -0.05) is 0 Å². The second-order valence-electron chi connectivity index (χ2n) is 4.43. The maximum absolute atomic E-state index is 10.3.